The van der Waals surface area contributed by atoms with E-state index in [0.29, 0.717) is 17.3 Å². The van der Waals surface area contributed by atoms with Crippen LogP contribution in [0.25, 0.3) is 0 Å². The fraction of sp³-hybridized carbons (Fsp3) is 0.200. The van der Waals surface area contributed by atoms with Gasteiger partial charge in [0.15, 0.2) is 0 Å². The predicted octanol–water partition coefficient (Wildman–Crippen LogP) is 3.60. The quantitative estimate of drug-likeness (QED) is 0.886. The topological polar surface area (TPSA) is 47.3 Å². The second-order valence-corrected chi connectivity index (χ2v) is 4.74. The van der Waals surface area contributed by atoms with Crippen LogP contribution in [0.2, 0.25) is 5.02 Å². The van der Waals surface area contributed by atoms with Crippen molar-refractivity contribution in [2.45, 2.75) is 6.04 Å². The molecule has 2 rings (SSSR count). The fourth-order valence-corrected chi connectivity index (χ4v) is 2.19. The van der Waals surface area contributed by atoms with Crippen LogP contribution in [0.5, 0.6) is 5.75 Å². The molecule has 0 saturated carbocycles. The molecule has 0 heterocycles. The zero-order chi connectivity index (χ0) is 14.5. The summed E-state index contributed by atoms with van der Waals surface area (Å²) in [5.74, 6) is 0.348. The summed E-state index contributed by atoms with van der Waals surface area (Å²) in [7, 11) is 1.57. The monoisotopic (exact) mass is 294 g/mol. The van der Waals surface area contributed by atoms with Crippen molar-refractivity contribution in [1.29, 1.82) is 0 Å². The van der Waals surface area contributed by atoms with Gasteiger partial charge in [-0.1, -0.05) is 17.7 Å². The van der Waals surface area contributed by atoms with Crippen LogP contribution in [0.3, 0.4) is 0 Å². The van der Waals surface area contributed by atoms with E-state index in [1.807, 2.05) is 12.1 Å². The Morgan fingerprint density at radius 1 is 1.25 bits per heavy atom. The Balaban J connectivity index is 2.19. The Labute approximate surface area is 122 Å². The Kier molecular flexibility index (Phi) is 4.82. The van der Waals surface area contributed by atoms with Gasteiger partial charge < -0.3 is 15.8 Å². The number of hydrogen-bond acceptors (Lipinski definition) is 3. The second kappa shape index (κ2) is 6.59. The van der Waals surface area contributed by atoms with Gasteiger partial charge in [-0.3, -0.25) is 0 Å². The van der Waals surface area contributed by atoms with Crippen molar-refractivity contribution in [3.05, 3.63) is 58.9 Å². The lowest BCUT2D eigenvalue weighted by molar-refractivity contribution is 0.415. The van der Waals surface area contributed by atoms with Crippen molar-refractivity contribution >= 4 is 17.3 Å². The van der Waals surface area contributed by atoms with Crippen LogP contribution < -0.4 is 15.8 Å². The molecule has 5 heteroatoms. The summed E-state index contributed by atoms with van der Waals surface area (Å²) < 4.78 is 18.0. The summed E-state index contributed by atoms with van der Waals surface area (Å²) in [6.07, 6.45) is 0. The van der Waals surface area contributed by atoms with Gasteiger partial charge in [-0.2, -0.15) is 0 Å². The smallest absolute Gasteiger partial charge is 0.137 e. The number of methoxy groups -OCH3 is 1. The molecule has 106 valence electrons. The number of nitrogens with two attached hydrogens (primary N) is 1. The van der Waals surface area contributed by atoms with E-state index in [-0.39, 0.29) is 11.9 Å². The molecule has 3 N–H and O–H groups in total. The molecule has 0 aromatic heterocycles. The maximum Gasteiger partial charge on any atom is 0.137 e. The molecule has 1 atom stereocenters. The Hall–Kier alpha value is -1.78. The third-order valence-electron chi connectivity index (χ3n) is 3.00. The van der Waals surface area contributed by atoms with E-state index in [2.05, 4.69) is 5.32 Å². The average Bonchev–Trinajstić information content (AvgIpc) is 2.46. The van der Waals surface area contributed by atoms with Gasteiger partial charge in [0.05, 0.1) is 18.2 Å². The highest BCUT2D eigenvalue weighted by Crippen LogP contribution is 2.28. The van der Waals surface area contributed by atoms with Crippen molar-refractivity contribution in [2.24, 2.45) is 5.73 Å². The lowest BCUT2D eigenvalue weighted by atomic mass is 10.1. The molecule has 3 nitrogen and oxygen atoms in total. The molecule has 0 aliphatic rings. The van der Waals surface area contributed by atoms with Crippen LogP contribution in [-0.2, 0) is 0 Å². The summed E-state index contributed by atoms with van der Waals surface area (Å²) in [5.41, 5.74) is 7.54. The van der Waals surface area contributed by atoms with E-state index in [9.17, 15) is 4.39 Å². The number of hydrogen-bond donors (Lipinski definition) is 2. The number of rotatable bonds is 5. The molecule has 0 aliphatic heterocycles. The highest BCUT2D eigenvalue weighted by molar-refractivity contribution is 6.32. The van der Waals surface area contributed by atoms with E-state index >= 15 is 0 Å². The molecule has 2 aromatic rings. The van der Waals surface area contributed by atoms with Crippen molar-refractivity contribution < 1.29 is 9.13 Å². The normalized spacial score (nSPS) is 12.0. The number of nitrogens with one attached hydrogen (secondary N) is 1. The van der Waals surface area contributed by atoms with Gasteiger partial charge in [0.1, 0.15) is 11.6 Å². The van der Waals surface area contributed by atoms with Crippen molar-refractivity contribution in [3.8, 4) is 5.75 Å². The Bertz CT molecular complexity index is 575. The Morgan fingerprint density at radius 2 is 1.95 bits per heavy atom. The van der Waals surface area contributed by atoms with Crippen LogP contribution in [-0.4, -0.2) is 13.7 Å². The third kappa shape index (κ3) is 3.40. The lowest BCUT2D eigenvalue weighted by Crippen LogP contribution is -2.20. The van der Waals surface area contributed by atoms with Crippen LogP contribution in [0.1, 0.15) is 11.6 Å². The molecule has 0 bridgehead atoms. The van der Waals surface area contributed by atoms with Gasteiger partial charge in [0, 0.05) is 12.2 Å². The fourth-order valence-electron chi connectivity index (χ4n) is 1.93. The summed E-state index contributed by atoms with van der Waals surface area (Å²) >= 11 is 6.11. The van der Waals surface area contributed by atoms with Gasteiger partial charge >= 0.3 is 0 Å². The summed E-state index contributed by atoms with van der Waals surface area (Å²) in [5, 5.41) is 3.78. The van der Waals surface area contributed by atoms with Gasteiger partial charge in [-0.25, -0.2) is 4.39 Å². The molecular formula is C15H16ClFN2O. The van der Waals surface area contributed by atoms with E-state index in [4.69, 9.17) is 22.1 Å². The number of anilines is 1. The number of benzene rings is 2. The molecule has 0 aliphatic carbocycles. The minimum Gasteiger partial charge on any atom is -0.495 e. The first kappa shape index (κ1) is 14.6. The summed E-state index contributed by atoms with van der Waals surface area (Å²) in [4.78, 5) is 0. The minimum absolute atomic E-state index is 0.108. The molecule has 0 fully saturated rings. The first-order valence-corrected chi connectivity index (χ1v) is 6.57. The lowest BCUT2D eigenvalue weighted by Gasteiger charge is -2.19. The van der Waals surface area contributed by atoms with E-state index in [0.717, 1.165) is 11.3 Å². The van der Waals surface area contributed by atoms with E-state index < -0.39 is 0 Å². The molecule has 20 heavy (non-hydrogen) atoms. The van der Waals surface area contributed by atoms with Crippen LogP contribution >= 0.6 is 11.6 Å². The van der Waals surface area contributed by atoms with Gasteiger partial charge in [-0.15, -0.1) is 0 Å². The minimum atomic E-state index is -0.271. The molecular weight excluding hydrogens is 279 g/mol. The van der Waals surface area contributed by atoms with Gasteiger partial charge in [0.2, 0.25) is 0 Å². The zero-order valence-corrected chi connectivity index (χ0v) is 11.8. The Morgan fingerprint density at radius 3 is 2.50 bits per heavy atom. The summed E-state index contributed by atoms with van der Waals surface area (Å²) in [6, 6.07) is 11.5. The SMILES string of the molecule is COc1ccc(C(CN)Nc2ccc(F)cc2)cc1Cl. The molecule has 0 amide bonds. The van der Waals surface area contributed by atoms with Crippen molar-refractivity contribution in [1.82, 2.24) is 0 Å². The first-order chi connectivity index (χ1) is 9.63. The highest BCUT2D eigenvalue weighted by atomic mass is 35.5. The summed E-state index contributed by atoms with van der Waals surface area (Å²) in [6.45, 7) is 0.389. The van der Waals surface area contributed by atoms with Gasteiger partial charge in [0.25, 0.3) is 0 Å². The molecule has 2 aromatic carbocycles. The maximum absolute atomic E-state index is 12.9. The number of ether oxygens (including phenoxy) is 1. The second-order valence-electron chi connectivity index (χ2n) is 4.33. The molecule has 0 spiro atoms. The van der Waals surface area contributed by atoms with Crippen molar-refractivity contribution in [2.75, 3.05) is 19.0 Å². The van der Waals surface area contributed by atoms with Crippen LogP contribution in [0.15, 0.2) is 42.5 Å². The van der Waals surface area contributed by atoms with Crippen molar-refractivity contribution in [3.63, 3.8) is 0 Å². The molecule has 1 unspecified atom stereocenters. The van der Waals surface area contributed by atoms with Crippen LogP contribution in [0.4, 0.5) is 10.1 Å². The molecule has 0 radical (unpaired) electrons. The first-order valence-electron chi connectivity index (χ1n) is 6.19. The standard InChI is InChI=1S/C15H16ClFN2O/c1-20-15-7-2-10(8-13(15)16)14(9-18)19-12-5-3-11(17)4-6-12/h2-8,14,19H,9,18H2,1H3. The highest BCUT2D eigenvalue weighted by Gasteiger charge is 2.12. The largest absolute Gasteiger partial charge is 0.495 e. The zero-order valence-electron chi connectivity index (χ0n) is 11.1. The predicted molar refractivity (Wildman–Crippen MR) is 79.8 cm³/mol. The van der Waals surface area contributed by atoms with E-state index in [1.165, 1.54) is 12.1 Å². The number of halogens is 2. The average molecular weight is 295 g/mol. The van der Waals surface area contributed by atoms with Gasteiger partial charge in [-0.05, 0) is 42.0 Å². The third-order valence-corrected chi connectivity index (χ3v) is 3.29. The molecule has 0 saturated heterocycles. The van der Waals surface area contributed by atoms with E-state index in [1.54, 1.807) is 25.3 Å². The van der Waals surface area contributed by atoms with Crippen LogP contribution in [0, 0.1) is 5.82 Å². The maximum atomic E-state index is 12.9.